The molecule has 40 heavy (non-hydrogen) atoms. The van der Waals surface area contributed by atoms with E-state index in [2.05, 4.69) is 5.32 Å². The molecule has 3 N–H and O–H groups in total. The molecule has 3 aromatic rings. The smallest absolute Gasteiger partial charge is 0.416 e. The Balaban J connectivity index is 2.05. The van der Waals surface area contributed by atoms with Crippen LogP contribution < -0.4 is 15.8 Å². The number of amides is 2. The van der Waals surface area contributed by atoms with Crippen molar-refractivity contribution in [3.8, 4) is 5.75 Å². The molecule has 1 heterocycles. The Hall–Kier alpha value is -3.47. The van der Waals surface area contributed by atoms with Crippen LogP contribution in [0.1, 0.15) is 48.2 Å². The van der Waals surface area contributed by atoms with Gasteiger partial charge in [-0.1, -0.05) is 53.5 Å². The summed E-state index contributed by atoms with van der Waals surface area (Å²) in [5.41, 5.74) is 3.94. The second-order valence-corrected chi connectivity index (χ2v) is 9.83. The van der Waals surface area contributed by atoms with Gasteiger partial charge >= 0.3 is 12.3 Å². The summed E-state index contributed by atoms with van der Waals surface area (Å²) in [7, 11) is 0. The number of nitrogens with one attached hydrogen (secondary N) is 1. The van der Waals surface area contributed by atoms with Gasteiger partial charge in [0.15, 0.2) is 0 Å². The van der Waals surface area contributed by atoms with Crippen molar-refractivity contribution in [2.45, 2.75) is 37.8 Å². The van der Waals surface area contributed by atoms with Gasteiger partial charge < -0.3 is 15.2 Å². The van der Waals surface area contributed by atoms with E-state index in [1.54, 1.807) is 62.4 Å². The van der Waals surface area contributed by atoms with E-state index in [0.29, 0.717) is 21.2 Å². The van der Waals surface area contributed by atoms with Crippen molar-refractivity contribution in [3.63, 3.8) is 0 Å². The zero-order valence-corrected chi connectivity index (χ0v) is 23.0. The molecule has 0 aromatic heterocycles. The molecule has 3 atom stereocenters. The summed E-state index contributed by atoms with van der Waals surface area (Å²) < 4.78 is 51.9. The van der Waals surface area contributed by atoms with Crippen LogP contribution in [0.3, 0.4) is 0 Å². The third-order valence-corrected chi connectivity index (χ3v) is 7.08. The number of ether oxygens (including phenoxy) is 2. The first kappa shape index (κ1) is 29.5. The number of carbonyl (C=O) groups is 2. The highest BCUT2D eigenvalue weighted by Crippen LogP contribution is 2.51. The Morgan fingerprint density at radius 2 is 1.52 bits per heavy atom. The molecule has 4 rings (SSSR count). The zero-order valence-electron chi connectivity index (χ0n) is 21.5. The van der Waals surface area contributed by atoms with Crippen LogP contribution in [0.4, 0.5) is 18.0 Å². The molecule has 0 aliphatic carbocycles. The van der Waals surface area contributed by atoms with Gasteiger partial charge in [-0.05, 0) is 61.4 Å². The lowest BCUT2D eigenvalue weighted by Gasteiger charge is -2.38. The van der Waals surface area contributed by atoms with Crippen molar-refractivity contribution >= 4 is 35.2 Å². The second kappa shape index (κ2) is 11.6. The maximum Gasteiger partial charge on any atom is 0.416 e. The third kappa shape index (κ3) is 5.43. The molecule has 7 nitrogen and oxygen atoms in total. The average Bonchev–Trinajstić information content (AvgIpc) is 3.27. The molecule has 0 spiro atoms. The lowest BCUT2D eigenvalue weighted by molar-refractivity contribution is -0.137. The molecule has 0 bridgehead atoms. The van der Waals surface area contributed by atoms with Gasteiger partial charge in [0.05, 0.1) is 30.9 Å². The molecular weight excluding hydrogens is 570 g/mol. The lowest BCUT2D eigenvalue weighted by atomic mass is 9.93. The van der Waals surface area contributed by atoms with Crippen molar-refractivity contribution in [1.82, 2.24) is 10.2 Å². The van der Waals surface area contributed by atoms with Gasteiger partial charge in [-0.2, -0.15) is 13.2 Å². The molecule has 3 unspecified atom stereocenters. The van der Waals surface area contributed by atoms with Gasteiger partial charge in [-0.25, -0.2) is 4.79 Å². The maximum absolute atomic E-state index is 13.7. The van der Waals surface area contributed by atoms with Crippen LogP contribution in [0, 0.1) is 0 Å². The Morgan fingerprint density at radius 3 is 2.02 bits per heavy atom. The zero-order chi connectivity index (χ0) is 29.2. The topological polar surface area (TPSA) is 93.9 Å². The minimum absolute atomic E-state index is 0.0240. The molecule has 1 aliphatic heterocycles. The SMILES string of the molecule is CCOC(=O)N1C(c2ccc(Cl)cc2)C(c2ccc(Cl)cc2)NC1(C(N)=O)c1ccc(C(F)(F)F)cc1OCC. The maximum atomic E-state index is 13.7. The van der Waals surface area contributed by atoms with Gasteiger partial charge in [0.1, 0.15) is 5.75 Å². The molecule has 0 saturated carbocycles. The van der Waals surface area contributed by atoms with E-state index in [9.17, 15) is 22.8 Å². The summed E-state index contributed by atoms with van der Waals surface area (Å²) >= 11 is 12.2. The fourth-order valence-electron chi connectivity index (χ4n) is 4.91. The first-order valence-electron chi connectivity index (χ1n) is 12.3. The van der Waals surface area contributed by atoms with Crippen molar-refractivity contribution in [3.05, 3.63) is 99.0 Å². The highest BCUT2D eigenvalue weighted by molar-refractivity contribution is 6.30. The number of nitrogens with zero attached hydrogens (tertiary/aromatic N) is 1. The van der Waals surface area contributed by atoms with E-state index < -0.39 is 41.5 Å². The Labute approximate surface area is 238 Å². The van der Waals surface area contributed by atoms with E-state index in [4.69, 9.17) is 38.4 Å². The molecule has 1 aliphatic rings. The van der Waals surface area contributed by atoms with Crippen LogP contribution in [0.2, 0.25) is 10.0 Å². The highest BCUT2D eigenvalue weighted by Gasteiger charge is 2.61. The van der Waals surface area contributed by atoms with Gasteiger partial charge in [-0.15, -0.1) is 0 Å². The summed E-state index contributed by atoms with van der Waals surface area (Å²) in [6.45, 7) is 3.10. The normalized spacial score (nSPS) is 20.8. The van der Waals surface area contributed by atoms with E-state index >= 15 is 0 Å². The van der Waals surface area contributed by atoms with Crippen LogP contribution in [-0.2, 0) is 21.4 Å². The molecule has 0 radical (unpaired) electrons. The van der Waals surface area contributed by atoms with Gasteiger partial charge in [0, 0.05) is 15.6 Å². The lowest BCUT2D eigenvalue weighted by Crippen LogP contribution is -2.60. The largest absolute Gasteiger partial charge is 0.493 e. The summed E-state index contributed by atoms with van der Waals surface area (Å²) in [6, 6.07) is 14.2. The Kier molecular flexibility index (Phi) is 8.53. The monoisotopic (exact) mass is 595 g/mol. The number of carbonyl (C=O) groups excluding carboxylic acids is 2. The number of benzene rings is 3. The number of rotatable bonds is 7. The van der Waals surface area contributed by atoms with Gasteiger partial charge in [-0.3, -0.25) is 15.0 Å². The van der Waals surface area contributed by atoms with Crippen LogP contribution in [0.15, 0.2) is 66.7 Å². The quantitative estimate of drug-likeness (QED) is 0.321. The molecular formula is C28H26Cl2F3N3O4. The van der Waals surface area contributed by atoms with E-state index in [-0.39, 0.29) is 24.5 Å². The van der Waals surface area contributed by atoms with Crippen LogP contribution in [0.5, 0.6) is 5.75 Å². The first-order chi connectivity index (χ1) is 18.9. The first-order valence-corrected chi connectivity index (χ1v) is 13.1. The van der Waals surface area contributed by atoms with Crippen molar-refractivity contribution in [2.75, 3.05) is 13.2 Å². The molecule has 2 amide bonds. The number of alkyl halides is 3. The second-order valence-electron chi connectivity index (χ2n) is 8.96. The minimum atomic E-state index is -4.69. The Morgan fingerprint density at radius 1 is 0.950 bits per heavy atom. The van der Waals surface area contributed by atoms with Crippen molar-refractivity contribution in [1.29, 1.82) is 0 Å². The summed E-state index contributed by atoms with van der Waals surface area (Å²) in [6.07, 6.45) is -5.61. The van der Waals surface area contributed by atoms with Gasteiger partial charge in [0.25, 0.3) is 5.91 Å². The summed E-state index contributed by atoms with van der Waals surface area (Å²) in [4.78, 5) is 28.4. The number of nitrogens with two attached hydrogens (primary N) is 1. The summed E-state index contributed by atoms with van der Waals surface area (Å²) in [5.74, 6) is -1.33. The fourth-order valence-corrected chi connectivity index (χ4v) is 5.17. The van der Waals surface area contributed by atoms with Crippen LogP contribution >= 0.6 is 23.2 Å². The number of hydrogen-bond acceptors (Lipinski definition) is 5. The molecule has 212 valence electrons. The molecule has 3 aromatic carbocycles. The number of halogens is 5. The van der Waals surface area contributed by atoms with Crippen molar-refractivity contribution in [2.24, 2.45) is 5.73 Å². The predicted molar refractivity (Wildman–Crippen MR) is 144 cm³/mol. The molecule has 1 saturated heterocycles. The van der Waals surface area contributed by atoms with Crippen LogP contribution in [0.25, 0.3) is 0 Å². The summed E-state index contributed by atoms with van der Waals surface area (Å²) in [5, 5.41) is 4.07. The van der Waals surface area contributed by atoms with E-state index in [1.165, 1.54) is 0 Å². The average molecular weight is 596 g/mol. The van der Waals surface area contributed by atoms with Gasteiger partial charge in [0.2, 0.25) is 5.66 Å². The van der Waals surface area contributed by atoms with E-state index in [1.807, 2.05) is 0 Å². The van der Waals surface area contributed by atoms with Crippen molar-refractivity contribution < 1.29 is 32.2 Å². The molecule has 1 fully saturated rings. The standard InChI is InChI=1S/C28H26Cl2F3N3O4/c1-3-39-22-15-18(28(31,32)33)9-14-21(22)27(25(34)37)35-23(16-5-10-19(29)11-6-16)24(36(27)26(38)40-4-2)17-7-12-20(30)13-8-17/h5-15,23-24,35H,3-4H2,1-2H3,(H2,34,37). The number of primary amides is 1. The minimum Gasteiger partial charge on any atom is -0.493 e. The molecule has 12 heteroatoms. The number of hydrogen-bond donors (Lipinski definition) is 2. The fraction of sp³-hybridized carbons (Fsp3) is 0.286. The van der Waals surface area contributed by atoms with Crippen LogP contribution in [-0.4, -0.2) is 30.1 Å². The van der Waals surface area contributed by atoms with E-state index in [0.717, 1.165) is 23.1 Å². The predicted octanol–water partition coefficient (Wildman–Crippen LogP) is 6.59. The Bertz CT molecular complexity index is 1390. The highest BCUT2D eigenvalue weighted by atomic mass is 35.5. The third-order valence-electron chi connectivity index (χ3n) is 6.58.